The highest BCUT2D eigenvalue weighted by atomic mass is 16.5. The van der Waals surface area contributed by atoms with Gasteiger partial charge in [0.25, 0.3) is 5.91 Å². The van der Waals surface area contributed by atoms with Gasteiger partial charge in [-0.1, -0.05) is 12.1 Å². The number of carbonyl (C=O) groups is 1. The second kappa shape index (κ2) is 7.09. The minimum absolute atomic E-state index is 0.289. The van der Waals surface area contributed by atoms with Crippen molar-refractivity contribution in [3.8, 4) is 5.75 Å². The van der Waals surface area contributed by atoms with Crippen LogP contribution < -0.4 is 15.0 Å². The number of hydrogen-bond donors (Lipinski definition) is 1. The SMILES string of the molecule is COc1ccccc1NC(=O)c1ccc(N2CCCCC2)nn1. The molecule has 2 heterocycles. The molecule has 0 radical (unpaired) electrons. The zero-order valence-corrected chi connectivity index (χ0v) is 13.2. The summed E-state index contributed by atoms with van der Waals surface area (Å²) in [6.07, 6.45) is 3.62. The van der Waals surface area contributed by atoms with E-state index in [0.29, 0.717) is 11.4 Å². The van der Waals surface area contributed by atoms with Crippen LogP contribution >= 0.6 is 0 Å². The molecule has 1 amide bonds. The monoisotopic (exact) mass is 312 g/mol. The van der Waals surface area contributed by atoms with Crippen molar-refractivity contribution in [2.45, 2.75) is 19.3 Å². The normalized spacial score (nSPS) is 14.4. The van der Waals surface area contributed by atoms with E-state index < -0.39 is 0 Å². The van der Waals surface area contributed by atoms with Gasteiger partial charge < -0.3 is 15.0 Å². The smallest absolute Gasteiger partial charge is 0.276 e. The van der Waals surface area contributed by atoms with Crippen molar-refractivity contribution < 1.29 is 9.53 Å². The minimum atomic E-state index is -0.299. The standard InChI is InChI=1S/C17H20N4O2/c1-23-15-8-4-3-7-13(15)18-17(22)14-9-10-16(20-19-14)21-11-5-2-6-12-21/h3-4,7-10H,2,5-6,11-12H2,1H3,(H,18,22). The van der Waals surface area contributed by atoms with Crippen molar-refractivity contribution in [2.75, 3.05) is 30.4 Å². The topological polar surface area (TPSA) is 67.3 Å². The maximum Gasteiger partial charge on any atom is 0.276 e. The van der Waals surface area contributed by atoms with Crippen LogP contribution in [0.1, 0.15) is 29.8 Å². The first-order chi connectivity index (χ1) is 11.3. The molecule has 0 atom stereocenters. The number of para-hydroxylation sites is 2. The number of piperidine rings is 1. The third-order valence-corrected chi connectivity index (χ3v) is 3.92. The fourth-order valence-corrected chi connectivity index (χ4v) is 2.67. The van der Waals surface area contributed by atoms with E-state index in [1.807, 2.05) is 18.2 Å². The Morgan fingerprint density at radius 1 is 1.09 bits per heavy atom. The molecule has 1 saturated heterocycles. The summed E-state index contributed by atoms with van der Waals surface area (Å²) in [5.41, 5.74) is 0.901. The van der Waals surface area contributed by atoms with Crippen molar-refractivity contribution in [3.05, 3.63) is 42.1 Å². The van der Waals surface area contributed by atoms with Gasteiger partial charge in [-0.3, -0.25) is 4.79 Å². The van der Waals surface area contributed by atoms with Crippen LogP contribution in [0.4, 0.5) is 11.5 Å². The summed E-state index contributed by atoms with van der Waals surface area (Å²) < 4.78 is 5.22. The van der Waals surface area contributed by atoms with Gasteiger partial charge in [0.2, 0.25) is 0 Å². The van der Waals surface area contributed by atoms with Gasteiger partial charge in [0.15, 0.2) is 11.5 Å². The molecule has 0 saturated carbocycles. The van der Waals surface area contributed by atoms with E-state index in [1.165, 1.54) is 19.3 Å². The van der Waals surface area contributed by atoms with Crippen LogP contribution in [0.2, 0.25) is 0 Å². The Kier molecular flexibility index (Phi) is 4.71. The Morgan fingerprint density at radius 3 is 2.57 bits per heavy atom. The van der Waals surface area contributed by atoms with E-state index in [1.54, 1.807) is 25.3 Å². The Morgan fingerprint density at radius 2 is 1.87 bits per heavy atom. The summed E-state index contributed by atoms with van der Waals surface area (Å²) in [6.45, 7) is 2.00. The first kappa shape index (κ1) is 15.3. The second-order valence-corrected chi connectivity index (χ2v) is 5.48. The second-order valence-electron chi connectivity index (χ2n) is 5.48. The summed E-state index contributed by atoms with van der Waals surface area (Å²) in [7, 11) is 1.57. The predicted octanol–water partition coefficient (Wildman–Crippen LogP) is 2.73. The Labute approximate surface area is 135 Å². The van der Waals surface area contributed by atoms with Crippen molar-refractivity contribution in [1.29, 1.82) is 0 Å². The molecular formula is C17H20N4O2. The van der Waals surface area contributed by atoms with Crippen molar-refractivity contribution in [3.63, 3.8) is 0 Å². The van der Waals surface area contributed by atoms with Gasteiger partial charge in [0, 0.05) is 13.1 Å². The Bertz CT molecular complexity index is 667. The van der Waals surface area contributed by atoms with Gasteiger partial charge >= 0.3 is 0 Å². The highest BCUT2D eigenvalue weighted by Crippen LogP contribution is 2.23. The van der Waals surface area contributed by atoms with Gasteiger partial charge in [0.1, 0.15) is 5.75 Å². The highest BCUT2D eigenvalue weighted by molar-refractivity contribution is 6.03. The number of rotatable bonds is 4. The molecule has 0 aliphatic carbocycles. The molecule has 120 valence electrons. The molecule has 1 fully saturated rings. The summed E-state index contributed by atoms with van der Waals surface area (Å²) in [5.74, 6) is 1.14. The lowest BCUT2D eigenvalue weighted by Crippen LogP contribution is -2.30. The number of nitrogens with one attached hydrogen (secondary N) is 1. The lowest BCUT2D eigenvalue weighted by molar-refractivity contribution is 0.102. The Hall–Kier alpha value is -2.63. The van der Waals surface area contributed by atoms with Gasteiger partial charge in [-0.2, -0.15) is 0 Å². The number of aromatic nitrogens is 2. The van der Waals surface area contributed by atoms with Crippen molar-refractivity contribution in [2.24, 2.45) is 0 Å². The number of ether oxygens (including phenoxy) is 1. The summed E-state index contributed by atoms with van der Waals surface area (Å²) in [6, 6.07) is 10.8. The predicted molar refractivity (Wildman–Crippen MR) is 89.0 cm³/mol. The number of amides is 1. The first-order valence-corrected chi connectivity index (χ1v) is 7.81. The van der Waals surface area contributed by atoms with E-state index in [-0.39, 0.29) is 11.6 Å². The average Bonchev–Trinajstić information content (AvgIpc) is 2.63. The maximum atomic E-state index is 12.3. The van der Waals surface area contributed by atoms with Gasteiger partial charge in [-0.05, 0) is 43.5 Å². The third kappa shape index (κ3) is 3.59. The summed E-state index contributed by atoms with van der Waals surface area (Å²) >= 11 is 0. The van der Waals surface area contributed by atoms with Gasteiger partial charge in [0.05, 0.1) is 12.8 Å². The molecule has 2 aromatic rings. The highest BCUT2D eigenvalue weighted by Gasteiger charge is 2.15. The van der Waals surface area contributed by atoms with Crippen molar-refractivity contribution >= 4 is 17.4 Å². The number of hydrogen-bond acceptors (Lipinski definition) is 5. The van der Waals surface area contributed by atoms with E-state index in [2.05, 4.69) is 20.4 Å². The fraction of sp³-hybridized carbons (Fsp3) is 0.353. The molecule has 1 aliphatic rings. The molecule has 6 heteroatoms. The van der Waals surface area contributed by atoms with E-state index in [0.717, 1.165) is 18.9 Å². The lowest BCUT2D eigenvalue weighted by atomic mass is 10.1. The zero-order valence-electron chi connectivity index (χ0n) is 13.2. The van der Waals surface area contributed by atoms with Gasteiger partial charge in [-0.25, -0.2) is 0 Å². The molecule has 1 aromatic carbocycles. The molecule has 3 rings (SSSR count). The molecule has 6 nitrogen and oxygen atoms in total. The number of benzene rings is 1. The molecule has 1 N–H and O–H groups in total. The van der Waals surface area contributed by atoms with Crippen LogP contribution in [-0.4, -0.2) is 36.3 Å². The molecular weight excluding hydrogens is 292 g/mol. The van der Waals surface area contributed by atoms with Crippen LogP contribution in [0.3, 0.4) is 0 Å². The molecule has 23 heavy (non-hydrogen) atoms. The Balaban J connectivity index is 1.70. The summed E-state index contributed by atoms with van der Waals surface area (Å²) in [4.78, 5) is 14.5. The van der Waals surface area contributed by atoms with Crippen LogP contribution in [0, 0.1) is 0 Å². The number of nitrogens with zero attached hydrogens (tertiary/aromatic N) is 3. The first-order valence-electron chi connectivity index (χ1n) is 7.81. The fourth-order valence-electron chi connectivity index (χ4n) is 2.67. The van der Waals surface area contributed by atoms with Crippen molar-refractivity contribution in [1.82, 2.24) is 10.2 Å². The number of carbonyl (C=O) groups excluding carboxylic acids is 1. The lowest BCUT2D eigenvalue weighted by Gasteiger charge is -2.27. The molecule has 0 unspecified atom stereocenters. The number of anilines is 2. The third-order valence-electron chi connectivity index (χ3n) is 3.92. The van der Waals surface area contributed by atoms with Crippen LogP contribution in [0.5, 0.6) is 5.75 Å². The largest absolute Gasteiger partial charge is 0.495 e. The average molecular weight is 312 g/mol. The van der Waals surface area contributed by atoms with E-state index >= 15 is 0 Å². The molecule has 0 spiro atoms. The van der Waals surface area contributed by atoms with Crippen LogP contribution in [0.15, 0.2) is 36.4 Å². The molecule has 0 bridgehead atoms. The van der Waals surface area contributed by atoms with E-state index in [9.17, 15) is 4.79 Å². The molecule has 1 aliphatic heterocycles. The quantitative estimate of drug-likeness (QED) is 0.940. The van der Waals surface area contributed by atoms with Crippen LogP contribution in [0.25, 0.3) is 0 Å². The maximum absolute atomic E-state index is 12.3. The number of methoxy groups -OCH3 is 1. The molecule has 1 aromatic heterocycles. The minimum Gasteiger partial charge on any atom is -0.495 e. The van der Waals surface area contributed by atoms with E-state index in [4.69, 9.17) is 4.74 Å². The zero-order chi connectivity index (χ0) is 16.1. The summed E-state index contributed by atoms with van der Waals surface area (Å²) in [5, 5.41) is 11.0. The van der Waals surface area contributed by atoms with Gasteiger partial charge in [-0.15, -0.1) is 10.2 Å². The van der Waals surface area contributed by atoms with Crippen LogP contribution in [-0.2, 0) is 0 Å².